The van der Waals surface area contributed by atoms with E-state index in [9.17, 15) is 4.79 Å². The van der Waals surface area contributed by atoms with E-state index >= 15 is 0 Å². The molecule has 2 N–H and O–H groups in total. The highest BCUT2D eigenvalue weighted by Crippen LogP contribution is 2.28. The Balaban J connectivity index is 1.16. The first kappa shape index (κ1) is 21.9. The molecule has 0 radical (unpaired) electrons. The Hall–Kier alpha value is -3.55. The molecule has 1 fully saturated rings. The third-order valence-electron chi connectivity index (χ3n) is 6.69. The zero-order valence-electron chi connectivity index (χ0n) is 19.6. The molecule has 0 aliphatic carbocycles. The summed E-state index contributed by atoms with van der Waals surface area (Å²) in [5, 5.41) is 13.1. The second-order valence-corrected chi connectivity index (χ2v) is 10.5. The number of thiophene rings is 1. The SMILES string of the molecule is Cc1cc(-c2n[nH]c3ccc(C(=O)NC4CCCN(Cc5cc6ccccc6s5)C4)cc23)ccn1. The Labute approximate surface area is 208 Å². The molecule has 5 aromatic rings. The summed E-state index contributed by atoms with van der Waals surface area (Å²) in [6.07, 6.45) is 3.88. The van der Waals surface area contributed by atoms with Crippen LogP contribution in [0.2, 0.25) is 0 Å². The highest BCUT2D eigenvalue weighted by Gasteiger charge is 2.23. The Morgan fingerprint density at radius 2 is 2.09 bits per heavy atom. The Bertz CT molecular complexity index is 1490. The number of aryl methyl sites for hydroxylation is 1. The molecule has 6 nitrogen and oxygen atoms in total. The topological polar surface area (TPSA) is 73.9 Å². The van der Waals surface area contributed by atoms with Crippen LogP contribution >= 0.6 is 11.3 Å². The van der Waals surface area contributed by atoms with E-state index in [2.05, 4.69) is 55.7 Å². The van der Waals surface area contributed by atoms with Crippen molar-refractivity contribution in [1.82, 2.24) is 25.4 Å². The van der Waals surface area contributed by atoms with Gasteiger partial charge in [0, 0.05) is 57.1 Å². The van der Waals surface area contributed by atoms with E-state index in [-0.39, 0.29) is 11.9 Å². The van der Waals surface area contributed by atoms with Crippen molar-refractivity contribution in [2.75, 3.05) is 13.1 Å². The van der Waals surface area contributed by atoms with E-state index in [1.807, 2.05) is 48.6 Å². The average molecular weight is 482 g/mol. The standard InChI is InChI=1S/C28H27N5OS/c1-18-13-20(10-11-29-18)27-24-15-21(8-9-25(24)31-32-27)28(34)30-22-6-4-12-33(16-22)17-23-14-19-5-2-3-7-26(19)35-23/h2-3,5,7-11,13-15,22H,4,6,12,16-17H2,1H3,(H,30,34)(H,31,32). The number of aromatic amines is 1. The minimum Gasteiger partial charge on any atom is -0.348 e. The van der Waals surface area contributed by atoms with Crippen LogP contribution in [0.3, 0.4) is 0 Å². The summed E-state index contributed by atoms with van der Waals surface area (Å²) < 4.78 is 1.33. The number of carbonyl (C=O) groups is 1. The van der Waals surface area contributed by atoms with Gasteiger partial charge in [-0.2, -0.15) is 5.10 Å². The Kier molecular flexibility index (Phi) is 5.80. The van der Waals surface area contributed by atoms with Crippen LogP contribution < -0.4 is 5.32 Å². The second-order valence-electron chi connectivity index (χ2n) is 9.32. The molecule has 0 spiro atoms. The lowest BCUT2D eigenvalue weighted by Crippen LogP contribution is -2.47. The lowest BCUT2D eigenvalue weighted by molar-refractivity contribution is 0.0901. The van der Waals surface area contributed by atoms with Gasteiger partial charge in [-0.3, -0.25) is 19.8 Å². The number of piperidine rings is 1. The van der Waals surface area contributed by atoms with Crippen LogP contribution in [0.25, 0.3) is 32.2 Å². The van der Waals surface area contributed by atoms with Gasteiger partial charge in [-0.05, 0) is 74.2 Å². The quantitative estimate of drug-likeness (QED) is 0.346. The van der Waals surface area contributed by atoms with Gasteiger partial charge in [-0.15, -0.1) is 11.3 Å². The molecule has 7 heteroatoms. The zero-order chi connectivity index (χ0) is 23.8. The number of pyridine rings is 1. The molecular weight excluding hydrogens is 454 g/mol. The fraction of sp³-hybridized carbons (Fsp3) is 0.250. The molecule has 35 heavy (non-hydrogen) atoms. The molecule has 1 atom stereocenters. The number of benzene rings is 2. The number of likely N-dealkylation sites (tertiary alicyclic amines) is 1. The summed E-state index contributed by atoms with van der Waals surface area (Å²) in [4.78, 5) is 21.3. The van der Waals surface area contributed by atoms with Gasteiger partial charge in [-0.25, -0.2) is 0 Å². The Morgan fingerprint density at radius 3 is 2.97 bits per heavy atom. The lowest BCUT2D eigenvalue weighted by atomic mass is 10.0. The van der Waals surface area contributed by atoms with Crippen molar-refractivity contribution in [3.05, 3.63) is 83.0 Å². The highest BCUT2D eigenvalue weighted by atomic mass is 32.1. The van der Waals surface area contributed by atoms with E-state index in [4.69, 9.17) is 0 Å². The molecule has 0 bridgehead atoms. The van der Waals surface area contributed by atoms with Crippen molar-refractivity contribution >= 4 is 38.2 Å². The van der Waals surface area contributed by atoms with E-state index < -0.39 is 0 Å². The number of hydrogen-bond acceptors (Lipinski definition) is 5. The first-order valence-corrected chi connectivity index (χ1v) is 12.9. The summed E-state index contributed by atoms with van der Waals surface area (Å²) in [7, 11) is 0. The molecule has 2 aromatic carbocycles. The molecule has 1 aliphatic heterocycles. The normalized spacial score (nSPS) is 16.7. The van der Waals surface area contributed by atoms with Gasteiger partial charge in [0.15, 0.2) is 0 Å². The van der Waals surface area contributed by atoms with Crippen molar-refractivity contribution in [1.29, 1.82) is 0 Å². The number of rotatable bonds is 5. The molecule has 1 saturated heterocycles. The smallest absolute Gasteiger partial charge is 0.251 e. The largest absolute Gasteiger partial charge is 0.348 e. The van der Waals surface area contributed by atoms with Crippen molar-refractivity contribution in [2.45, 2.75) is 32.4 Å². The summed E-state index contributed by atoms with van der Waals surface area (Å²) >= 11 is 1.86. The van der Waals surface area contributed by atoms with Gasteiger partial charge in [0.2, 0.25) is 0 Å². The van der Waals surface area contributed by atoms with Crippen LogP contribution in [0.1, 0.15) is 33.8 Å². The first-order chi connectivity index (χ1) is 17.1. The minimum absolute atomic E-state index is 0.0290. The summed E-state index contributed by atoms with van der Waals surface area (Å²) in [6.45, 7) is 4.83. The van der Waals surface area contributed by atoms with Crippen molar-refractivity contribution < 1.29 is 4.79 Å². The zero-order valence-corrected chi connectivity index (χ0v) is 20.4. The molecule has 1 unspecified atom stereocenters. The molecular formula is C28H27N5OS. The predicted octanol–water partition coefficient (Wildman–Crippen LogP) is 5.54. The van der Waals surface area contributed by atoms with Gasteiger partial charge in [0.1, 0.15) is 5.69 Å². The first-order valence-electron chi connectivity index (χ1n) is 12.0. The van der Waals surface area contributed by atoms with Crippen molar-refractivity contribution in [3.8, 4) is 11.3 Å². The summed E-state index contributed by atoms with van der Waals surface area (Å²) in [5.74, 6) is -0.0290. The van der Waals surface area contributed by atoms with Gasteiger partial charge < -0.3 is 5.32 Å². The molecule has 0 saturated carbocycles. The maximum atomic E-state index is 13.2. The maximum Gasteiger partial charge on any atom is 0.251 e. The number of fused-ring (bicyclic) bond motifs is 2. The average Bonchev–Trinajstić information content (AvgIpc) is 3.47. The summed E-state index contributed by atoms with van der Waals surface area (Å²) in [5.41, 5.74) is 4.34. The van der Waals surface area contributed by atoms with Gasteiger partial charge in [-0.1, -0.05) is 18.2 Å². The third kappa shape index (κ3) is 4.57. The Morgan fingerprint density at radius 1 is 1.17 bits per heavy atom. The lowest BCUT2D eigenvalue weighted by Gasteiger charge is -2.32. The van der Waals surface area contributed by atoms with E-state index in [1.54, 1.807) is 6.20 Å². The second kappa shape index (κ2) is 9.24. The molecule has 1 aliphatic rings. The number of H-pyrrole nitrogens is 1. The fourth-order valence-corrected chi connectivity index (χ4v) is 6.10. The number of aromatic nitrogens is 3. The predicted molar refractivity (Wildman–Crippen MR) is 142 cm³/mol. The van der Waals surface area contributed by atoms with E-state index in [0.717, 1.165) is 60.3 Å². The number of hydrogen-bond donors (Lipinski definition) is 2. The minimum atomic E-state index is -0.0290. The van der Waals surface area contributed by atoms with Gasteiger partial charge >= 0.3 is 0 Å². The van der Waals surface area contributed by atoms with Crippen LogP contribution in [-0.4, -0.2) is 45.1 Å². The summed E-state index contributed by atoms with van der Waals surface area (Å²) in [6, 6.07) is 20.7. The maximum absolute atomic E-state index is 13.2. The van der Waals surface area contributed by atoms with Crippen LogP contribution in [0.5, 0.6) is 0 Å². The van der Waals surface area contributed by atoms with Crippen LogP contribution in [-0.2, 0) is 6.54 Å². The highest BCUT2D eigenvalue weighted by molar-refractivity contribution is 7.19. The van der Waals surface area contributed by atoms with Crippen molar-refractivity contribution in [3.63, 3.8) is 0 Å². The fourth-order valence-electron chi connectivity index (χ4n) is 4.99. The van der Waals surface area contributed by atoms with Crippen LogP contribution in [0, 0.1) is 6.92 Å². The monoisotopic (exact) mass is 481 g/mol. The van der Waals surface area contributed by atoms with E-state index in [0.29, 0.717) is 5.56 Å². The molecule has 1 amide bonds. The van der Waals surface area contributed by atoms with Crippen LogP contribution in [0.4, 0.5) is 0 Å². The number of amides is 1. The van der Waals surface area contributed by atoms with E-state index in [1.165, 1.54) is 15.0 Å². The molecule has 176 valence electrons. The number of nitrogens with one attached hydrogen (secondary N) is 2. The molecule has 6 rings (SSSR count). The molecule has 4 heterocycles. The van der Waals surface area contributed by atoms with Crippen LogP contribution in [0.15, 0.2) is 66.9 Å². The number of carbonyl (C=O) groups excluding carboxylic acids is 1. The number of nitrogens with zero attached hydrogens (tertiary/aromatic N) is 3. The third-order valence-corrected chi connectivity index (χ3v) is 7.79. The van der Waals surface area contributed by atoms with Gasteiger partial charge in [0.25, 0.3) is 5.91 Å². The van der Waals surface area contributed by atoms with Crippen molar-refractivity contribution in [2.24, 2.45) is 0 Å². The molecule has 3 aromatic heterocycles. The van der Waals surface area contributed by atoms with Gasteiger partial charge in [0.05, 0.1) is 5.52 Å².